The predicted octanol–water partition coefficient (Wildman–Crippen LogP) is 3.14. The number of carbonyl (C=O) groups excluding carboxylic acids is 2. The summed E-state index contributed by atoms with van der Waals surface area (Å²) < 4.78 is 5.10. The third kappa shape index (κ3) is 7.68. The van der Waals surface area contributed by atoms with Crippen LogP contribution in [0.1, 0.15) is 18.1 Å². The van der Waals surface area contributed by atoms with Gasteiger partial charge in [-0.15, -0.1) is 0 Å². The maximum absolute atomic E-state index is 12.7. The second kappa shape index (κ2) is 12.3. The molecule has 3 atom stereocenters. The molecule has 2 amide bonds. The molecule has 8 heteroatoms. The number of carboxylic acids is 1. The van der Waals surface area contributed by atoms with E-state index in [1.807, 2.05) is 48.5 Å². The molecule has 0 fully saturated rings. The summed E-state index contributed by atoms with van der Waals surface area (Å²) >= 11 is 0. The Bertz CT molecular complexity index is 1120. The van der Waals surface area contributed by atoms with Gasteiger partial charge in [-0.05, 0) is 29.2 Å². The number of hydrogen-bond acceptors (Lipinski definition) is 5. The Kier molecular flexibility index (Phi) is 8.97. The van der Waals surface area contributed by atoms with Gasteiger partial charge in [0.25, 0.3) is 0 Å². The fraction of sp³-hybridized carbons (Fsp3) is 0.222. The van der Waals surface area contributed by atoms with Crippen molar-refractivity contribution in [2.75, 3.05) is 0 Å². The Morgan fingerprint density at radius 2 is 1.37 bits per heavy atom. The monoisotopic (exact) mass is 476 g/mol. The highest BCUT2D eigenvalue weighted by molar-refractivity contribution is 5.89. The second-order valence-electron chi connectivity index (χ2n) is 8.09. The lowest BCUT2D eigenvalue weighted by atomic mass is 10.0. The lowest BCUT2D eigenvalue weighted by molar-refractivity contribution is -0.142. The molecule has 3 aromatic rings. The van der Waals surface area contributed by atoms with Gasteiger partial charge in [-0.3, -0.25) is 4.79 Å². The zero-order valence-electron chi connectivity index (χ0n) is 19.3. The molecular formula is C27H28N2O6. The molecule has 0 spiro atoms. The molecule has 182 valence electrons. The number of alkyl carbamates (subject to hydrolysis) is 1. The molecule has 0 aromatic heterocycles. The fourth-order valence-corrected chi connectivity index (χ4v) is 3.46. The van der Waals surface area contributed by atoms with E-state index in [2.05, 4.69) is 10.6 Å². The van der Waals surface area contributed by atoms with Crippen LogP contribution < -0.4 is 10.6 Å². The number of nitrogens with one attached hydrogen (secondary N) is 2. The lowest BCUT2D eigenvalue weighted by Crippen LogP contribution is -2.56. The Balaban J connectivity index is 1.60. The molecule has 4 N–H and O–H groups in total. The van der Waals surface area contributed by atoms with Crippen molar-refractivity contribution < 1.29 is 29.3 Å². The average molecular weight is 477 g/mol. The van der Waals surface area contributed by atoms with Gasteiger partial charge in [-0.25, -0.2) is 9.59 Å². The van der Waals surface area contributed by atoms with Crippen molar-refractivity contribution in [2.45, 2.75) is 38.1 Å². The van der Waals surface area contributed by atoms with Crippen LogP contribution in [-0.4, -0.2) is 46.4 Å². The van der Waals surface area contributed by atoms with Crippen LogP contribution in [0.2, 0.25) is 0 Å². The second-order valence-corrected chi connectivity index (χ2v) is 8.09. The minimum absolute atomic E-state index is 0.0163. The first-order chi connectivity index (χ1) is 16.8. The summed E-state index contributed by atoms with van der Waals surface area (Å²) in [6.07, 6.45) is -2.15. The quantitative estimate of drug-likeness (QED) is 0.356. The zero-order chi connectivity index (χ0) is 25.2. The molecule has 3 rings (SSSR count). The van der Waals surface area contributed by atoms with E-state index in [4.69, 9.17) is 4.74 Å². The standard InChI is InChI=1S/C27H28N2O6/c1-18(30)24(29-27(34)35-17-20-8-4-2-5-9-20)25(31)28-23(26(32)33)16-19-12-14-22(15-13-19)21-10-6-3-7-11-21/h2-15,18,23-24,30H,16-17H2,1H3,(H,28,31)(H,29,34)(H,32,33)/t18-,23+,24+/m1/s1. The van der Waals surface area contributed by atoms with Crippen LogP contribution in [0, 0.1) is 0 Å². The summed E-state index contributed by atoms with van der Waals surface area (Å²) in [6, 6.07) is 23.4. The molecule has 0 heterocycles. The van der Waals surface area contributed by atoms with E-state index in [0.717, 1.165) is 16.7 Å². The van der Waals surface area contributed by atoms with Gasteiger partial charge in [0.05, 0.1) is 6.10 Å². The van der Waals surface area contributed by atoms with E-state index in [0.29, 0.717) is 5.56 Å². The average Bonchev–Trinajstić information content (AvgIpc) is 2.87. The Morgan fingerprint density at radius 3 is 1.94 bits per heavy atom. The molecular weight excluding hydrogens is 448 g/mol. The van der Waals surface area contributed by atoms with E-state index in [9.17, 15) is 24.6 Å². The van der Waals surface area contributed by atoms with Crippen LogP contribution in [0.5, 0.6) is 0 Å². The molecule has 35 heavy (non-hydrogen) atoms. The van der Waals surface area contributed by atoms with Gasteiger partial charge in [0.1, 0.15) is 18.7 Å². The normalized spacial score (nSPS) is 13.2. The SMILES string of the molecule is C[C@@H](O)[C@H](NC(=O)OCc1ccccc1)C(=O)N[C@@H](Cc1ccc(-c2ccccc2)cc1)C(=O)O. The molecule has 8 nitrogen and oxygen atoms in total. The Morgan fingerprint density at radius 1 is 0.800 bits per heavy atom. The fourth-order valence-electron chi connectivity index (χ4n) is 3.46. The van der Waals surface area contributed by atoms with E-state index >= 15 is 0 Å². The summed E-state index contributed by atoms with van der Waals surface area (Å²) in [4.78, 5) is 36.7. The van der Waals surface area contributed by atoms with Crippen molar-refractivity contribution in [3.63, 3.8) is 0 Å². The minimum atomic E-state index is -1.39. The van der Waals surface area contributed by atoms with Crippen LogP contribution in [0.3, 0.4) is 0 Å². The van der Waals surface area contributed by atoms with E-state index in [1.54, 1.807) is 36.4 Å². The summed E-state index contributed by atoms with van der Waals surface area (Å²) in [5.41, 5.74) is 3.48. The molecule has 0 unspecified atom stereocenters. The van der Waals surface area contributed by atoms with Crippen molar-refractivity contribution in [2.24, 2.45) is 0 Å². The first kappa shape index (κ1) is 25.5. The minimum Gasteiger partial charge on any atom is -0.480 e. The van der Waals surface area contributed by atoms with Crippen LogP contribution in [0.4, 0.5) is 4.79 Å². The van der Waals surface area contributed by atoms with Gasteiger partial charge in [-0.1, -0.05) is 84.9 Å². The number of ether oxygens (including phenoxy) is 1. The van der Waals surface area contributed by atoms with Crippen molar-refractivity contribution in [1.82, 2.24) is 10.6 Å². The smallest absolute Gasteiger partial charge is 0.408 e. The molecule has 0 saturated carbocycles. The van der Waals surface area contributed by atoms with Gasteiger partial charge < -0.3 is 25.6 Å². The largest absolute Gasteiger partial charge is 0.480 e. The topological polar surface area (TPSA) is 125 Å². The van der Waals surface area contributed by atoms with Gasteiger partial charge in [0.15, 0.2) is 0 Å². The third-order valence-electron chi connectivity index (χ3n) is 5.37. The molecule has 0 aliphatic rings. The van der Waals surface area contributed by atoms with Crippen LogP contribution in [-0.2, 0) is 27.4 Å². The first-order valence-electron chi connectivity index (χ1n) is 11.2. The van der Waals surface area contributed by atoms with E-state index in [-0.39, 0.29) is 13.0 Å². The summed E-state index contributed by atoms with van der Waals surface area (Å²) in [5, 5.41) is 24.4. The van der Waals surface area contributed by atoms with Crippen molar-refractivity contribution in [3.05, 3.63) is 96.1 Å². The highest BCUT2D eigenvalue weighted by Gasteiger charge is 2.30. The predicted molar refractivity (Wildman–Crippen MR) is 130 cm³/mol. The van der Waals surface area contributed by atoms with Gasteiger partial charge in [0.2, 0.25) is 5.91 Å². The number of carbonyl (C=O) groups is 3. The summed E-state index contributed by atoms with van der Waals surface area (Å²) in [6.45, 7) is 1.30. The van der Waals surface area contributed by atoms with Gasteiger partial charge in [0, 0.05) is 6.42 Å². The van der Waals surface area contributed by atoms with Crippen molar-refractivity contribution in [3.8, 4) is 11.1 Å². The molecule has 0 aliphatic heterocycles. The number of aliphatic hydroxyl groups is 1. The van der Waals surface area contributed by atoms with E-state index < -0.39 is 36.2 Å². The van der Waals surface area contributed by atoms with Crippen molar-refractivity contribution in [1.29, 1.82) is 0 Å². The number of hydrogen-bond donors (Lipinski definition) is 4. The number of aliphatic hydroxyl groups excluding tert-OH is 1. The molecule has 0 saturated heterocycles. The Labute approximate surface area is 203 Å². The number of amides is 2. The highest BCUT2D eigenvalue weighted by atomic mass is 16.5. The number of benzene rings is 3. The van der Waals surface area contributed by atoms with Crippen molar-refractivity contribution >= 4 is 18.0 Å². The van der Waals surface area contributed by atoms with Gasteiger partial charge >= 0.3 is 12.1 Å². The van der Waals surface area contributed by atoms with Crippen LogP contribution in [0.15, 0.2) is 84.9 Å². The highest BCUT2D eigenvalue weighted by Crippen LogP contribution is 2.19. The summed E-state index contributed by atoms with van der Waals surface area (Å²) in [7, 11) is 0. The molecule has 0 radical (unpaired) electrons. The number of aliphatic carboxylic acids is 1. The Hall–Kier alpha value is -4.17. The summed E-state index contributed by atoms with van der Waals surface area (Å²) in [5.74, 6) is -2.06. The lowest BCUT2D eigenvalue weighted by Gasteiger charge is -2.23. The third-order valence-corrected chi connectivity index (χ3v) is 5.37. The number of rotatable bonds is 10. The zero-order valence-corrected chi connectivity index (χ0v) is 19.3. The maximum Gasteiger partial charge on any atom is 0.408 e. The maximum atomic E-state index is 12.7. The van der Waals surface area contributed by atoms with E-state index in [1.165, 1.54) is 6.92 Å². The van der Waals surface area contributed by atoms with Gasteiger partial charge in [-0.2, -0.15) is 0 Å². The number of carboxylic acid groups (broad SMARTS) is 1. The molecule has 0 bridgehead atoms. The molecule has 0 aliphatic carbocycles. The first-order valence-corrected chi connectivity index (χ1v) is 11.2. The molecule has 3 aromatic carbocycles. The van der Waals surface area contributed by atoms with Crippen LogP contribution in [0.25, 0.3) is 11.1 Å². The van der Waals surface area contributed by atoms with Crippen LogP contribution >= 0.6 is 0 Å².